The van der Waals surface area contributed by atoms with Gasteiger partial charge in [-0.05, 0) is 53.6 Å². The van der Waals surface area contributed by atoms with Gasteiger partial charge in [-0.1, -0.05) is 11.8 Å². The summed E-state index contributed by atoms with van der Waals surface area (Å²) in [6, 6.07) is -0.514. The van der Waals surface area contributed by atoms with E-state index < -0.39 is 11.7 Å². The molecular weight excluding hydrogens is 294 g/mol. The highest BCUT2D eigenvalue weighted by atomic mass is 16.6. The molecule has 2 aliphatic rings. The lowest BCUT2D eigenvalue weighted by atomic mass is 10.2. The van der Waals surface area contributed by atoms with E-state index in [0.29, 0.717) is 13.1 Å². The number of likely N-dealkylation sites (tertiary alicyclic amines) is 1. The second-order valence-electron chi connectivity index (χ2n) is 7.20. The first-order valence-corrected chi connectivity index (χ1v) is 8.27. The first-order valence-electron chi connectivity index (χ1n) is 8.27. The van der Waals surface area contributed by atoms with E-state index in [1.165, 1.54) is 17.7 Å². The molecule has 2 fully saturated rings. The first kappa shape index (κ1) is 17.6. The van der Waals surface area contributed by atoms with Gasteiger partial charge in [0.15, 0.2) is 0 Å². The molecule has 2 rings (SSSR count). The van der Waals surface area contributed by atoms with Crippen molar-refractivity contribution in [3.8, 4) is 11.8 Å². The second-order valence-corrected chi connectivity index (χ2v) is 7.20. The fourth-order valence-corrected chi connectivity index (χ4v) is 2.78. The largest absolute Gasteiger partial charge is 0.443 e. The predicted molar refractivity (Wildman–Crippen MR) is 88.0 cm³/mol. The number of ether oxygens (including phenoxy) is 1. The Bertz CT molecular complexity index is 509. The van der Waals surface area contributed by atoms with Gasteiger partial charge in [0, 0.05) is 6.54 Å². The first-order chi connectivity index (χ1) is 10.8. The minimum Gasteiger partial charge on any atom is -0.443 e. The molecule has 2 aliphatic heterocycles. The van der Waals surface area contributed by atoms with Crippen LogP contribution in [0.3, 0.4) is 0 Å². The summed E-state index contributed by atoms with van der Waals surface area (Å²) in [5.41, 5.74) is -0.611. The van der Waals surface area contributed by atoms with Gasteiger partial charge < -0.3 is 9.64 Å². The molecule has 128 valence electrons. The zero-order chi connectivity index (χ0) is 17.0. The maximum atomic E-state index is 12.4. The van der Waals surface area contributed by atoms with Crippen LogP contribution in [0, 0.1) is 11.8 Å². The number of urea groups is 1. The summed E-state index contributed by atoms with van der Waals surface area (Å²) in [5.74, 6) is 6.17. The van der Waals surface area contributed by atoms with Gasteiger partial charge in [0.1, 0.15) is 5.60 Å². The molecule has 0 aromatic carbocycles. The van der Waals surface area contributed by atoms with E-state index >= 15 is 0 Å². The molecule has 6 heteroatoms. The lowest BCUT2D eigenvalue weighted by Crippen LogP contribution is -2.42. The zero-order valence-corrected chi connectivity index (χ0v) is 14.6. The molecule has 1 atom stereocenters. The van der Waals surface area contributed by atoms with Crippen molar-refractivity contribution >= 4 is 12.1 Å². The van der Waals surface area contributed by atoms with Crippen molar-refractivity contribution in [2.45, 2.75) is 52.2 Å². The van der Waals surface area contributed by atoms with E-state index in [0.717, 1.165) is 19.6 Å². The third-order valence-corrected chi connectivity index (χ3v) is 3.89. The van der Waals surface area contributed by atoms with Gasteiger partial charge >= 0.3 is 12.1 Å². The molecule has 0 aliphatic carbocycles. The van der Waals surface area contributed by atoms with E-state index in [2.05, 4.69) is 16.7 Å². The van der Waals surface area contributed by atoms with Crippen molar-refractivity contribution in [2.24, 2.45) is 0 Å². The third-order valence-electron chi connectivity index (χ3n) is 3.89. The summed E-state index contributed by atoms with van der Waals surface area (Å²) in [4.78, 5) is 29.6. The molecule has 6 nitrogen and oxygen atoms in total. The Morgan fingerprint density at radius 3 is 2.43 bits per heavy atom. The molecule has 0 saturated carbocycles. The predicted octanol–water partition coefficient (Wildman–Crippen LogP) is 2.15. The van der Waals surface area contributed by atoms with Gasteiger partial charge in [-0.2, -0.15) is 0 Å². The maximum Gasteiger partial charge on any atom is 0.418 e. The van der Waals surface area contributed by atoms with Gasteiger partial charge in [0.05, 0.1) is 19.1 Å². The summed E-state index contributed by atoms with van der Waals surface area (Å²) in [6.45, 7) is 11.0. The van der Waals surface area contributed by atoms with Gasteiger partial charge in [0.25, 0.3) is 0 Å². The minimum atomic E-state index is -0.611. The Balaban J connectivity index is 1.86. The van der Waals surface area contributed by atoms with Crippen LogP contribution < -0.4 is 0 Å². The quantitative estimate of drug-likeness (QED) is 0.731. The topological polar surface area (TPSA) is 53.1 Å². The van der Waals surface area contributed by atoms with Crippen LogP contribution >= 0.6 is 0 Å². The highest BCUT2D eigenvalue weighted by molar-refractivity contribution is 5.93. The van der Waals surface area contributed by atoms with Gasteiger partial charge in [-0.25, -0.2) is 14.5 Å². The lowest BCUT2D eigenvalue weighted by molar-refractivity contribution is 0.0306. The lowest BCUT2D eigenvalue weighted by Gasteiger charge is -2.25. The number of rotatable bonds is 2. The smallest absolute Gasteiger partial charge is 0.418 e. The van der Waals surface area contributed by atoms with Crippen LogP contribution in [0.15, 0.2) is 0 Å². The molecule has 2 heterocycles. The van der Waals surface area contributed by atoms with Crippen molar-refractivity contribution in [1.82, 2.24) is 14.7 Å². The summed E-state index contributed by atoms with van der Waals surface area (Å²) in [5, 5.41) is 0. The van der Waals surface area contributed by atoms with Crippen LogP contribution in [-0.2, 0) is 4.74 Å². The summed E-state index contributed by atoms with van der Waals surface area (Å²) in [6.07, 6.45) is 1.91. The number of hydrogen-bond donors (Lipinski definition) is 0. The maximum absolute atomic E-state index is 12.4. The number of amides is 3. The molecule has 3 amide bonds. The van der Waals surface area contributed by atoms with E-state index in [1.807, 2.05) is 6.92 Å². The molecule has 0 aromatic heterocycles. The average molecular weight is 321 g/mol. The highest BCUT2D eigenvalue weighted by Crippen LogP contribution is 2.19. The molecule has 1 unspecified atom stereocenters. The van der Waals surface area contributed by atoms with E-state index in [1.54, 1.807) is 25.7 Å². The Morgan fingerprint density at radius 1 is 1.22 bits per heavy atom. The van der Waals surface area contributed by atoms with Gasteiger partial charge in [0.2, 0.25) is 0 Å². The van der Waals surface area contributed by atoms with Crippen molar-refractivity contribution in [3.05, 3.63) is 0 Å². The van der Waals surface area contributed by atoms with Crippen LogP contribution in [-0.4, -0.2) is 71.2 Å². The monoisotopic (exact) mass is 321 g/mol. The summed E-state index contributed by atoms with van der Waals surface area (Å²) < 4.78 is 5.30. The molecule has 23 heavy (non-hydrogen) atoms. The molecular formula is C17H27N3O3. The third kappa shape index (κ3) is 4.87. The van der Waals surface area contributed by atoms with Crippen molar-refractivity contribution < 1.29 is 14.3 Å². The van der Waals surface area contributed by atoms with Crippen molar-refractivity contribution in [2.75, 3.05) is 32.7 Å². The molecule has 2 saturated heterocycles. The van der Waals surface area contributed by atoms with Crippen LogP contribution in [0.1, 0.15) is 40.5 Å². The van der Waals surface area contributed by atoms with E-state index in [-0.39, 0.29) is 12.1 Å². The number of hydrogen-bond acceptors (Lipinski definition) is 4. The van der Waals surface area contributed by atoms with Crippen LogP contribution in [0.4, 0.5) is 9.59 Å². The van der Waals surface area contributed by atoms with E-state index in [4.69, 9.17) is 4.74 Å². The van der Waals surface area contributed by atoms with E-state index in [9.17, 15) is 9.59 Å². The molecule has 0 N–H and O–H groups in total. The molecule has 0 aromatic rings. The Kier molecular flexibility index (Phi) is 5.53. The summed E-state index contributed by atoms with van der Waals surface area (Å²) in [7, 11) is 0. The standard InChI is InChI=1S/C17H27N3O3/c1-14-13-19(12-8-7-11-18-9-5-6-10-18)15(21)20(14)16(22)23-17(2,3)4/h14H,5-6,9-13H2,1-4H3. The van der Waals surface area contributed by atoms with Crippen molar-refractivity contribution in [3.63, 3.8) is 0 Å². The number of imide groups is 1. The van der Waals surface area contributed by atoms with Gasteiger partial charge in [-0.15, -0.1) is 0 Å². The fourth-order valence-electron chi connectivity index (χ4n) is 2.78. The Hall–Kier alpha value is -1.74. The highest BCUT2D eigenvalue weighted by Gasteiger charge is 2.40. The fraction of sp³-hybridized carbons (Fsp3) is 0.765. The molecule has 0 radical (unpaired) electrons. The second kappa shape index (κ2) is 7.22. The molecule has 0 spiro atoms. The Labute approximate surface area is 138 Å². The van der Waals surface area contributed by atoms with Crippen LogP contribution in [0.5, 0.6) is 0 Å². The van der Waals surface area contributed by atoms with Crippen LogP contribution in [0.25, 0.3) is 0 Å². The average Bonchev–Trinajstić information content (AvgIpc) is 3.01. The van der Waals surface area contributed by atoms with Gasteiger partial charge in [-0.3, -0.25) is 4.90 Å². The SMILES string of the molecule is CC1CN(CC#CCN2CCCC2)C(=O)N1C(=O)OC(C)(C)C. The number of nitrogens with zero attached hydrogens (tertiary/aromatic N) is 3. The normalized spacial score (nSPS) is 22.3. The van der Waals surface area contributed by atoms with Crippen molar-refractivity contribution in [1.29, 1.82) is 0 Å². The number of carbonyl (C=O) groups excluding carboxylic acids is 2. The zero-order valence-electron chi connectivity index (χ0n) is 14.6. The molecule has 0 bridgehead atoms. The summed E-state index contributed by atoms with van der Waals surface area (Å²) >= 11 is 0. The minimum absolute atomic E-state index is 0.197. The Morgan fingerprint density at radius 2 is 1.83 bits per heavy atom. The van der Waals surface area contributed by atoms with Crippen LogP contribution in [0.2, 0.25) is 0 Å². The number of carbonyl (C=O) groups is 2.